The fraction of sp³-hybridized carbons (Fsp3) is 0. The predicted molar refractivity (Wildman–Crippen MR) is 38.7 cm³/mol. The molecule has 0 fully saturated rings. The van der Waals surface area contributed by atoms with Gasteiger partial charge in [-0.15, -0.1) is 0 Å². The molecule has 0 aliphatic carbocycles. The van der Waals surface area contributed by atoms with E-state index in [1.165, 1.54) is 12.1 Å². The highest BCUT2D eigenvalue weighted by molar-refractivity contribution is 5.79. The van der Waals surface area contributed by atoms with Crippen LogP contribution in [-0.2, 0) is 0 Å². The number of aromatic hydroxyl groups is 1. The Bertz CT molecular complexity index is 279. The number of hydrogen-bond acceptors (Lipinski definition) is 3. The van der Waals surface area contributed by atoms with Crippen LogP contribution in [0.2, 0.25) is 0 Å². The Morgan fingerprint density at radius 3 is 2.55 bits per heavy atom. The number of phenolic OH excluding ortho intramolecular Hbond substituents is 1. The van der Waals surface area contributed by atoms with E-state index in [0.29, 0.717) is 0 Å². The van der Waals surface area contributed by atoms with E-state index in [1.54, 1.807) is 12.1 Å². The second-order valence-corrected chi connectivity index (χ2v) is 1.99. The molecule has 0 aromatic heterocycles. The Labute approximate surface area is 63.2 Å². The first-order valence-corrected chi connectivity index (χ1v) is 2.98. The number of benzene rings is 1. The van der Waals surface area contributed by atoms with Crippen molar-refractivity contribution in [2.45, 2.75) is 0 Å². The van der Waals surface area contributed by atoms with Gasteiger partial charge in [-0.25, -0.2) is 0 Å². The molecule has 4 nitrogen and oxygen atoms in total. The number of para-hydroxylation sites is 1. The fourth-order valence-corrected chi connectivity index (χ4v) is 0.716. The average Bonchev–Trinajstić information content (AvgIpc) is 1.93. The third-order valence-corrected chi connectivity index (χ3v) is 1.19. The molecule has 0 bridgehead atoms. The lowest BCUT2D eigenvalue weighted by molar-refractivity contribution is -0.722. The van der Waals surface area contributed by atoms with Crippen LogP contribution >= 0.6 is 0 Å². The second-order valence-electron chi connectivity index (χ2n) is 1.99. The molecule has 0 atom stereocenters. The molecular formula is C7H7NO3. The van der Waals surface area contributed by atoms with Gasteiger partial charge in [-0.3, -0.25) is 5.21 Å². The summed E-state index contributed by atoms with van der Waals surface area (Å²) in [5.41, 5.74) is 0.282. The van der Waals surface area contributed by atoms with Crippen molar-refractivity contribution in [3.05, 3.63) is 35.0 Å². The molecule has 0 radical (unpaired) electrons. The van der Waals surface area contributed by atoms with Crippen LogP contribution in [0.15, 0.2) is 24.3 Å². The van der Waals surface area contributed by atoms with Crippen LogP contribution in [0.1, 0.15) is 5.56 Å². The van der Waals surface area contributed by atoms with E-state index in [2.05, 4.69) is 0 Å². The molecule has 0 aliphatic heterocycles. The predicted octanol–water partition coefficient (Wildman–Crippen LogP) is 0.711. The van der Waals surface area contributed by atoms with E-state index in [4.69, 9.17) is 10.3 Å². The molecule has 1 rings (SSSR count). The molecule has 0 aliphatic rings. The number of rotatable bonds is 1. The fourth-order valence-electron chi connectivity index (χ4n) is 0.716. The Morgan fingerprint density at radius 2 is 2.00 bits per heavy atom. The molecule has 11 heavy (non-hydrogen) atoms. The first-order chi connectivity index (χ1) is 5.20. The van der Waals surface area contributed by atoms with E-state index >= 15 is 0 Å². The summed E-state index contributed by atoms with van der Waals surface area (Å²) in [7, 11) is 0. The van der Waals surface area contributed by atoms with E-state index in [1.807, 2.05) is 0 Å². The molecule has 1 aromatic rings. The van der Waals surface area contributed by atoms with Crippen LogP contribution in [0.4, 0.5) is 0 Å². The standard InChI is InChI=1S/C7H7NO3/c9-7-4-2-1-3-6(7)5-8(10)11/h1-5,9H,(H,10,11). The Hall–Kier alpha value is -1.71. The van der Waals surface area contributed by atoms with Gasteiger partial charge in [-0.05, 0) is 12.1 Å². The Kier molecular flexibility index (Phi) is 1.96. The van der Waals surface area contributed by atoms with Gasteiger partial charge in [0.2, 0.25) is 6.21 Å². The highest BCUT2D eigenvalue weighted by atomic mass is 16.8. The van der Waals surface area contributed by atoms with Crippen molar-refractivity contribution in [2.24, 2.45) is 0 Å². The third-order valence-electron chi connectivity index (χ3n) is 1.19. The second kappa shape index (κ2) is 2.92. The highest BCUT2D eigenvalue weighted by Gasteiger charge is 1.99. The SMILES string of the molecule is [O-]/[N+](O)=C/c1ccccc1O. The van der Waals surface area contributed by atoms with E-state index in [9.17, 15) is 5.21 Å². The van der Waals surface area contributed by atoms with Crippen molar-refractivity contribution in [3.8, 4) is 5.75 Å². The maximum Gasteiger partial charge on any atom is 0.243 e. The summed E-state index contributed by atoms with van der Waals surface area (Å²) in [6.07, 6.45) is 0.870. The summed E-state index contributed by atoms with van der Waals surface area (Å²) < 4.78 is 0. The van der Waals surface area contributed by atoms with E-state index < -0.39 is 0 Å². The summed E-state index contributed by atoms with van der Waals surface area (Å²) in [6, 6.07) is 6.21. The lowest BCUT2D eigenvalue weighted by atomic mass is 10.2. The van der Waals surface area contributed by atoms with Crippen molar-refractivity contribution < 1.29 is 15.2 Å². The molecule has 0 spiro atoms. The molecular weight excluding hydrogens is 146 g/mol. The van der Waals surface area contributed by atoms with Crippen molar-refractivity contribution >= 4 is 6.21 Å². The van der Waals surface area contributed by atoms with Gasteiger partial charge in [0.1, 0.15) is 5.75 Å². The molecule has 0 saturated heterocycles. The smallest absolute Gasteiger partial charge is 0.243 e. The summed E-state index contributed by atoms with van der Waals surface area (Å²) in [6.45, 7) is 0. The minimum Gasteiger partial charge on any atom is -0.507 e. The minimum atomic E-state index is -0.352. The van der Waals surface area contributed by atoms with Gasteiger partial charge in [-0.1, -0.05) is 12.1 Å². The summed E-state index contributed by atoms with van der Waals surface area (Å²) in [5, 5.41) is 27.4. The van der Waals surface area contributed by atoms with Gasteiger partial charge in [0.05, 0.1) is 5.56 Å². The summed E-state index contributed by atoms with van der Waals surface area (Å²) in [4.78, 5) is -0.352. The molecule has 0 saturated carbocycles. The van der Waals surface area contributed by atoms with Crippen molar-refractivity contribution in [3.63, 3.8) is 0 Å². The van der Waals surface area contributed by atoms with Crippen LogP contribution in [0.5, 0.6) is 5.75 Å². The quantitative estimate of drug-likeness (QED) is 0.270. The van der Waals surface area contributed by atoms with E-state index in [-0.39, 0.29) is 16.2 Å². The average molecular weight is 153 g/mol. The molecule has 58 valence electrons. The first kappa shape index (κ1) is 7.40. The zero-order valence-electron chi connectivity index (χ0n) is 5.64. The monoisotopic (exact) mass is 153 g/mol. The van der Waals surface area contributed by atoms with Gasteiger partial charge in [0.15, 0.2) is 0 Å². The van der Waals surface area contributed by atoms with Gasteiger partial charge < -0.3 is 10.3 Å². The molecule has 2 N–H and O–H groups in total. The highest BCUT2D eigenvalue weighted by Crippen LogP contribution is 2.12. The first-order valence-electron chi connectivity index (χ1n) is 2.98. The van der Waals surface area contributed by atoms with Gasteiger partial charge in [0.25, 0.3) is 0 Å². The normalized spacial score (nSPS) is 11.5. The number of hydrogen-bond donors (Lipinski definition) is 2. The van der Waals surface area contributed by atoms with Gasteiger partial charge >= 0.3 is 0 Å². The lowest BCUT2D eigenvalue weighted by Gasteiger charge is -1.93. The molecule has 0 heterocycles. The maximum absolute atomic E-state index is 10.1. The van der Waals surface area contributed by atoms with Crippen LogP contribution in [0, 0.1) is 5.21 Å². The van der Waals surface area contributed by atoms with E-state index in [0.717, 1.165) is 6.21 Å². The minimum absolute atomic E-state index is 0.0394. The number of nitrogens with zero attached hydrogens (tertiary/aromatic N) is 1. The Balaban J connectivity index is 3.04. The molecule has 0 unspecified atom stereocenters. The van der Waals surface area contributed by atoms with Gasteiger partial charge in [-0.2, -0.15) is 0 Å². The molecule has 4 heteroatoms. The van der Waals surface area contributed by atoms with Crippen LogP contribution in [-0.4, -0.2) is 21.4 Å². The van der Waals surface area contributed by atoms with Crippen LogP contribution < -0.4 is 0 Å². The van der Waals surface area contributed by atoms with Crippen molar-refractivity contribution in [2.75, 3.05) is 0 Å². The zero-order chi connectivity index (χ0) is 8.27. The zero-order valence-corrected chi connectivity index (χ0v) is 5.64. The topological polar surface area (TPSA) is 66.5 Å². The lowest BCUT2D eigenvalue weighted by Crippen LogP contribution is -1.98. The van der Waals surface area contributed by atoms with Crippen molar-refractivity contribution in [1.29, 1.82) is 0 Å². The summed E-state index contributed by atoms with van der Waals surface area (Å²) in [5.74, 6) is -0.0394. The molecule has 1 aromatic carbocycles. The third kappa shape index (κ3) is 1.86. The maximum atomic E-state index is 10.1. The largest absolute Gasteiger partial charge is 0.507 e. The van der Waals surface area contributed by atoms with Crippen molar-refractivity contribution in [1.82, 2.24) is 0 Å². The van der Waals surface area contributed by atoms with Crippen LogP contribution in [0.3, 0.4) is 0 Å². The van der Waals surface area contributed by atoms with Gasteiger partial charge in [0, 0.05) is 4.90 Å². The molecule has 0 amide bonds. The number of phenols is 1. The Morgan fingerprint density at radius 1 is 1.36 bits per heavy atom. The summed E-state index contributed by atoms with van der Waals surface area (Å²) >= 11 is 0. The van der Waals surface area contributed by atoms with Crippen LogP contribution in [0.25, 0.3) is 0 Å².